The Balaban J connectivity index is 0.00000288. The van der Waals surface area contributed by atoms with E-state index in [0.717, 1.165) is 55.5 Å². The fourth-order valence-electron chi connectivity index (χ4n) is 3.05. The summed E-state index contributed by atoms with van der Waals surface area (Å²) in [5, 5.41) is 11.0. The van der Waals surface area contributed by atoms with Gasteiger partial charge in [-0.15, -0.1) is 24.0 Å². The second kappa shape index (κ2) is 10.9. The van der Waals surface area contributed by atoms with E-state index in [2.05, 4.69) is 48.5 Å². The fourth-order valence-corrected chi connectivity index (χ4v) is 3.05. The van der Waals surface area contributed by atoms with Crippen LogP contribution in [0.1, 0.15) is 44.2 Å². The first-order valence-electron chi connectivity index (χ1n) is 8.84. The Kier molecular flexibility index (Phi) is 9.65. The highest BCUT2D eigenvalue weighted by Crippen LogP contribution is 2.17. The van der Waals surface area contributed by atoms with Crippen molar-refractivity contribution in [3.8, 4) is 0 Å². The largest absolute Gasteiger partial charge is 0.361 e. The number of guanidine groups is 1. The zero-order valence-electron chi connectivity index (χ0n) is 15.4. The Bertz CT molecular complexity index is 496. The third kappa shape index (κ3) is 5.91. The van der Waals surface area contributed by atoms with Gasteiger partial charge in [-0.3, -0.25) is 0 Å². The van der Waals surface area contributed by atoms with E-state index in [-0.39, 0.29) is 24.0 Å². The predicted molar refractivity (Wildman–Crippen MR) is 109 cm³/mol. The second-order valence-electron chi connectivity index (χ2n) is 6.23. The number of nitrogens with one attached hydrogen (secondary N) is 2. The normalized spacial score (nSPS) is 18.5. The Morgan fingerprint density at radius 3 is 2.67 bits per heavy atom. The standard InChI is InChI=1S/C17H31N5O.HI/c1-5-15-14(16(6-2)23-21-15)11-20-17(18-7-3)19-10-13-8-9-22(4)12-13;/h13H,5-12H2,1-4H3,(H2,18,19,20);1H. The zero-order chi connectivity index (χ0) is 16.7. The SMILES string of the molecule is CCNC(=NCc1c(CC)noc1CC)NCC1CCN(C)C1.I. The lowest BCUT2D eigenvalue weighted by molar-refractivity contribution is 0.380. The molecule has 1 fully saturated rings. The Hall–Kier alpha value is -0.830. The first-order chi connectivity index (χ1) is 11.2. The summed E-state index contributed by atoms with van der Waals surface area (Å²) in [6.07, 6.45) is 3.00. The summed E-state index contributed by atoms with van der Waals surface area (Å²) < 4.78 is 5.42. The van der Waals surface area contributed by atoms with Crippen molar-refractivity contribution in [3.63, 3.8) is 0 Å². The van der Waals surface area contributed by atoms with Crippen molar-refractivity contribution in [2.24, 2.45) is 10.9 Å². The molecule has 138 valence electrons. The van der Waals surface area contributed by atoms with Crippen molar-refractivity contribution in [1.29, 1.82) is 0 Å². The van der Waals surface area contributed by atoms with Crippen LogP contribution in [0.25, 0.3) is 0 Å². The number of aryl methyl sites for hydroxylation is 2. The van der Waals surface area contributed by atoms with Crippen LogP contribution >= 0.6 is 24.0 Å². The number of aliphatic imine (C=N–C) groups is 1. The van der Waals surface area contributed by atoms with Gasteiger partial charge in [-0.2, -0.15) is 0 Å². The highest BCUT2D eigenvalue weighted by molar-refractivity contribution is 14.0. The molecule has 0 aliphatic carbocycles. The Labute approximate surface area is 162 Å². The van der Waals surface area contributed by atoms with Crippen LogP contribution in [0.2, 0.25) is 0 Å². The van der Waals surface area contributed by atoms with Crippen LogP contribution in [-0.2, 0) is 19.4 Å². The number of likely N-dealkylation sites (tertiary alicyclic amines) is 1. The number of aromatic nitrogens is 1. The average molecular weight is 449 g/mol. The molecule has 1 aromatic heterocycles. The molecule has 1 atom stereocenters. The number of nitrogens with zero attached hydrogens (tertiary/aromatic N) is 3. The minimum atomic E-state index is 0. The number of rotatable bonds is 7. The lowest BCUT2D eigenvalue weighted by Crippen LogP contribution is -2.40. The van der Waals surface area contributed by atoms with E-state index < -0.39 is 0 Å². The van der Waals surface area contributed by atoms with E-state index >= 15 is 0 Å². The van der Waals surface area contributed by atoms with E-state index in [0.29, 0.717) is 12.5 Å². The first-order valence-corrected chi connectivity index (χ1v) is 8.84. The van der Waals surface area contributed by atoms with E-state index in [1.54, 1.807) is 0 Å². The quantitative estimate of drug-likeness (QED) is 0.380. The van der Waals surface area contributed by atoms with Crippen molar-refractivity contribution in [2.75, 3.05) is 33.2 Å². The van der Waals surface area contributed by atoms with Crippen molar-refractivity contribution >= 4 is 29.9 Å². The van der Waals surface area contributed by atoms with Crippen molar-refractivity contribution in [1.82, 2.24) is 20.7 Å². The average Bonchev–Trinajstić information content (AvgIpc) is 3.15. The van der Waals surface area contributed by atoms with Crippen LogP contribution in [0.3, 0.4) is 0 Å². The van der Waals surface area contributed by atoms with Crippen LogP contribution in [0.4, 0.5) is 0 Å². The number of hydrogen-bond donors (Lipinski definition) is 2. The summed E-state index contributed by atoms with van der Waals surface area (Å²) in [5.74, 6) is 2.54. The third-order valence-electron chi connectivity index (χ3n) is 4.39. The summed E-state index contributed by atoms with van der Waals surface area (Å²) in [6, 6.07) is 0. The first kappa shape index (κ1) is 21.2. The highest BCUT2D eigenvalue weighted by atomic mass is 127. The molecule has 0 radical (unpaired) electrons. The molecule has 0 aromatic carbocycles. The van der Waals surface area contributed by atoms with E-state index in [9.17, 15) is 0 Å². The molecule has 1 aromatic rings. The maximum Gasteiger partial charge on any atom is 0.191 e. The molecule has 6 nitrogen and oxygen atoms in total. The maximum absolute atomic E-state index is 5.42. The molecule has 1 aliphatic heterocycles. The maximum atomic E-state index is 5.42. The van der Waals surface area contributed by atoms with Crippen molar-refractivity contribution in [2.45, 2.75) is 46.6 Å². The summed E-state index contributed by atoms with van der Waals surface area (Å²) in [5.41, 5.74) is 2.17. The molecule has 2 heterocycles. The minimum absolute atomic E-state index is 0. The summed E-state index contributed by atoms with van der Waals surface area (Å²) >= 11 is 0. The molecular weight excluding hydrogens is 417 g/mol. The molecule has 1 unspecified atom stereocenters. The molecule has 2 rings (SSSR count). The topological polar surface area (TPSA) is 65.7 Å². The Morgan fingerprint density at radius 1 is 1.29 bits per heavy atom. The van der Waals surface area contributed by atoms with Gasteiger partial charge < -0.3 is 20.1 Å². The predicted octanol–water partition coefficient (Wildman–Crippen LogP) is 2.42. The number of halogens is 1. The van der Waals surface area contributed by atoms with E-state index in [4.69, 9.17) is 9.52 Å². The lowest BCUT2D eigenvalue weighted by Gasteiger charge is -2.15. The fraction of sp³-hybridized carbons (Fsp3) is 0.765. The van der Waals surface area contributed by atoms with E-state index in [1.807, 2.05) is 0 Å². The van der Waals surface area contributed by atoms with E-state index in [1.165, 1.54) is 13.0 Å². The van der Waals surface area contributed by atoms with Gasteiger partial charge >= 0.3 is 0 Å². The summed E-state index contributed by atoms with van der Waals surface area (Å²) in [6.45, 7) is 11.1. The van der Waals surface area contributed by atoms with Gasteiger partial charge in [0.2, 0.25) is 0 Å². The molecule has 1 aliphatic rings. The summed E-state index contributed by atoms with van der Waals surface area (Å²) in [4.78, 5) is 7.12. The van der Waals surface area contributed by atoms with Crippen LogP contribution in [0.15, 0.2) is 9.52 Å². The molecule has 1 saturated heterocycles. The van der Waals surface area contributed by atoms with Crippen molar-refractivity contribution in [3.05, 3.63) is 17.0 Å². The minimum Gasteiger partial charge on any atom is -0.361 e. The summed E-state index contributed by atoms with van der Waals surface area (Å²) in [7, 11) is 2.18. The van der Waals surface area contributed by atoms with Gasteiger partial charge in [0, 0.05) is 31.6 Å². The highest BCUT2D eigenvalue weighted by Gasteiger charge is 2.19. The molecule has 7 heteroatoms. The molecule has 0 bridgehead atoms. The molecule has 24 heavy (non-hydrogen) atoms. The molecular formula is C17H32IN5O. The van der Waals surface area contributed by atoms with Gasteiger partial charge in [0.1, 0.15) is 5.76 Å². The van der Waals surface area contributed by atoms with Crippen LogP contribution in [0.5, 0.6) is 0 Å². The molecule has 0 spiro atoms. The smallest absolute Gasteiger partial charge is 0.191 e. The molecule has 0 amide bonds. The van der Waals surface area contributed by atoms with Gasteiger partial charge in [0.05, 0.1) is 12.2 Å². The van der Waals surface area contributed by atoms with Gasteiger partial charge in [-0.1, -0.05) is 19.0 Å². The second-order valence-corrected chi connectivity index (χ2v) is 6.23. The monoisotopic (exact) mass is 449 g/mol. The van der Waals surface area contributed by atoms with Crippen molar-refractivity contribution < 1.29 is 4.52 Å². The van der Waals surface area contributed by atoms with Crippen LogP contribution < -0.4 is 10.6 Å². The zero-order valence-corrected chi connectivity index (χ0v) is 17.7. The van der Waals surface area contributed by atoms with Crippen LogP contribution in [-0.4, -0.2) is 49.2 Å². The Morgan fingerprint density at radius 2 is 2.08 bits per heavy atom. The van der Waals surface area contributed by atoms with Gasteiger partial charge in [-0.25, -0.2) is 4.99 Å². The molecule has 2 N–H and O–H groups in total. The van der Waals surface area contributed by atoms with Crippen LogP contribution in [0, 0.1) is 5.92 Å². The number of hydrogen-bond acceptors (Lipinski definition) is 4. The third-order valence-corrected chi connectivity index (χ3v) is 4.39. The van der Waals surface area contributed by atoms with Gasteiger partial charge in [-0.05, 0) is 39.3 Å². The van der Waals surface area contributed by atoms with Gasteiger partial charge in [0.15, 0.2) is 5.96 Å². The van der Waals surface area contributed by atoms with Gasteiger partial charge in [0.25, 0.3) is 0 Å². The lowest BCUT2D eigenvalue weighted by atomic mass is 10.1. The molecule has 0 saturated carbocycles.